The van der Waals surface area contributed by atoms with Crippen molar-refractivity contribution >= 4 is 0 Å². The molecule has 0 spiro atoms. The number of rotatable bonds is 2. The molecular formula is C11H10F3NO. The molecule has 1 aromatic carbocycles. The first-order valence-corrected chi connectivity index (χ1v) is 5.12. The normalized spacial score (nSPS) is 36.2. The molecule has 0 amide bonds. The van der Waals surface area contributed by atoms with Crippen LogP contribution in [0.2, 0.25) is 0 Å². The summed E-state index contributed by atoms with van der Waals surface area (Å²) in [6, 6.07) is 3.79. The minimum Gasteiger partial charge on any atom is -0.297 e. The predicted octanol–water partition coefficient (Wildman–Crippen LogP) is 2.05. The Morgan fingerprint density at radius 3 is 2.81 bits per heavy atom. The van der Waals surface area contributed by atoms with Gasteiger partial charge in [0.25, 0.3) is 0 Å². The van der Waals surface area contributed by atoms with E-state index in [1.165, 1.54) is 12.1 Å². The second kappa shape index (κ2) is 3.21. The van der Waals surface area contributed by atoms with E-state index in [0.717, 1.165) is 6.07 Å². The van der Waals surface area contributed by atoms with Gasteiger partial charge in [-0.3, -0.25) is 4.84 Å². The Bertz CT molecular complexity index is 439. The van der Waals surface area contributed by atoms with E-state index in [-0.39, 0.29) is 17.6 Å². The van der Waals surface area contributed by atoms with E-state index in [1.807, 2.05) is 0 Å². The third kappa shape index (κ3) is 1.15. The monoisotopic (exact) mass is 229 g/mol. The van der Waals surface area contributed by atoms with Gasteiger partial charge in [0, 0.05) is 11.5 Å². The summed E-state index contributed by atoms with van der Waals surface area (Å²) in [5.74, 6) is -2.06. The van der Waals surface area contributed by atoms with Crippen LogP contribution in [-0.2, 0) is 10.4 Å². The highest BCUT2D eigenvalue weighted by atomic mass is 19.2. The van der Waals surface area contributed by atoms with Crippen molar-refractivity contribution in [3.8, 4) is 0 Å². The molecule has 2 fully saturated rings. The molecule has 3 rings (SSSR count). The molecule has 0 aromatic heterocycles. The van der Waals surface area contributed by atoms with Crippen molar-refractivity contribution in [3.63, 3.8) is 0 Å². The molecule has 86 valence electrons. The smallest absolute Gasteiger partial charge is 0.164 e. The maximum Gasteiger partial charge on any atom is 0.164 e. The van der Waals surface area contributed by atoms with Gasteiger partial charge in [-0.15, -0.1) is 0 Å². The summed E-state index contributed by atoms with van der Waals surface area (Å²) >= 11 is 0. The van der Waals surface area contributed by atoms with Crippen LogP contribution in [0.15, 0.2) is 18.2 Å². The largest absolute Gasteiger partial charge is 0.297 e. The van der Waals surface area contributed by atoms with E-state index >= 15 is 0 Å². The van der Waals surface area contributed by atoms with E-state index in [4.69, 9.17) is 4.84 Å². The standard InChI is InChI=1S/C11H10F3NO/c12-5-11(7-4-9(7)16-15-11)6-2-1-3-8(13)10(6)14/h1-3,7,9,15H,4-5H2/t7-,9+,11+/m0/s1. The average Bonchev–Trinajstić information content (AvgIpc) is 2.99. The minimum absolute atomic E-state index is 0.0139. The lowest BCUT2D eigenvalue weighted by Crippen LogP contribution is -2.43. The maximum atomic E-state index is 13.6. The fourth-order valence-electron chi connectivity index (χ4n) is 2.38. The summed E-state index contributed by atoms with van der Waals surface area (Å²) in [4.78, 5) is 5.10. The van der Waals surface area contributed by atoms with Crippen LogP contribution in [0.5, 0.6) is 0 Å². The van der Waals surface area contributed by atoms with Gasteiger partial charge in [0.15, 0.2) is 11.6 Å². The summed E-state index contributed by atoms with van der Waals surface area (Å²) in [6.45, 7) is -0.811. The van der Waals surface area contributed by atoms with Gasteiger partial charge in [-0.05, 0) is 12.5 Å². The number of benzene rings is 1. The Hall–Kier alpha value is -1.07. The number of fused-ring (bicyclic) bond motifs is 1. The van der Waals surface area contributed by atoms with Crippen molar-refractivity contribution in [2.45, 2.75) is 18.1 Å². The Kier molecular flexibility index (Phi) is 2.03. The summed E-state index contributed by atoms with van der Waals surface area (Å²) in [7, 11) is 0. The zero-order valence-corrected chi connectivity index (χ0v) is 8.34. The van der Waals surface area contributed by atoms with Gasteiger partial charge in [-0.2, -0.15) is 5.48 Å². The van der Waals surface area contributed by atoms with Crippen molar-refractivity contribution < 1.29 is 18.0 Å². The van der Waals surface area contributed by atoms with Gasteiger partial charge in [0.1, 0.15) is 12.2 Å². The molecule has 1 heterocycles. The number of halogens is 3. The maximum absolute atomic E-state index is 13.6. The summed E-state index contributed by atoms with van der Waals surface area (Å²) in [5, 5.41) is 0. The lowest BCUT2D eigenvalue weighted by atomic mass is 9.87. The number of alkyl halides is 1. The van der Waals surface area contributed by atoms with Gasteiger partial charge in [0.2, 0.25) is 0 Å². The molecule has 3 atom stereocenters. The van der Waals surface area contributed by atoms with E-state index < -0.39 is 23.8 Å². The van der Waals surface area contributed by atoms with Crippen LogP contribution in [0, 0.1) is 17.6 Å². The summed E-state index contributed by atoms with van der Waals surface area (Å²) in [5.41, 5.74) is 1.32. The predicted molar refractivity (Wildman–Crippen MR) is 50.1 cm³/mol. The Labute approximate surface area is 90.4 Å². The average molecular weight is 229 g/mol. The van der Waals surface area contributed by atoms with Crippen LogP contribution in [0.1, 0.15) is 12.0 Å². The molecule has 0 radical (unpaired) electrons. The second-order valence-corrected chi connectivity index (χ2v) is 4.31. The van der Waals surface area contributed by atoms with Crippen LogP contribution in [0.3, 0.4) is 0 Å². The molecule has 1 N–H and O–H groups in total. The van der Waals surface area contributed by atoms with Gasteiger partial charge in [0.05, 0.1) is 6.10 Å². The molecule has 16 heavy (non-hydrogen) atoms. The molecular weight excluding hydrogens is 219 g/mol. The minimum atomic E-state index is -1.21. The molecule has 0 bridgehead atoms. The molecule has 1 aromatic rings. The van der Waals surface area contributed by atoms with Gasteiger partial charge < -0.3 is 0 Å². The zero-order valence-electron chi connectivity index (χ0n) is 8.34. The first-order valence-electron chi connectivity index (χ1n) is 5.12. The van der Waals surface area contributed by atoms with Crippen molar-refractivity contribution in [1.29, 1.82) is 0 Å². The van der Waals surface area contributed by atoms with Crippen molar-refractivity contribution in [2.75, 3.05) is 6.67 Å². The number of nitrogens with one attached hydrogen (secondary N) is 1. The number of hydroxylamine groups is 1. The topological polar surface area (TPSA) is 21.3 Å². The molecule has 1 aliphatic heterocycles. The van der Waals surface area contributed by atoms with E-state index in [1.54, 1.807) is 0 Å². The van der Waals surface area contributed by atoms with E-state index in [2.05, 4.69) is 5.48 Å². The van der Waals surface area contributed by atoms with Crippen LogP contribution in [-0.4, -0.2) is 12.8 Å². The fourth-order valence-corrected chi connectivity index (χ4v) is 2.38. The number of hydrogen-bond acceptors (Lipinski definition) is 2. The Balaban J connectivity index is 2.10. The van der Waals surface area contributed by atoms with Gasteiger partial charge in [-0.1, -0.05) is 12.1 Å². The third-order valence-electron chi connectivity index (χ3n) is 3.40. The highest BCUT2D eigenvalue weighted by Gasteiger charge is 2.62. The van der Waals surface area contributed by atoms with Crippen LogP contribution in [0.4, 0.5) is 13.2 Å². The molecule has 1 saturated heterocycles. The first-order chi connectivity index (χ1) is 7.69. The quantitative estimate of drug-likeness (QED) is 0.838. The van der Waals surface area contributed by atoms with E-state index in [9.17, 15) is 13.2 Å². The van der Waals surface area contributed by atoms with Crippen molar-refractivity contribution in [3.05, 3.63) is 35.4 Å². The van der Waals surface area contributed by atoms with Crippen molar-refractivity contribution in [1.82, 2.24) is 5.48 Å². The Morgan fingerprint density at radius 2 is 2.25 bits per heavy atom. The lowest BCUT2D eigenvalue weighted by molar-refractivity contribution is 0.00706. The van der Waals surface area contributed by atoms with Crippen LogP contribution in [0.25, 0.3) is 0 Å². The molecule has 1 aliphatic carbocycles. The molecule has 2 aliphatic rings. The molecule has 2 nitrogen and oxygen atoms in total. The van der Waals surface area contributed by atoms with Crippen molar-refractivity contribution in [2.24, 2.45) is 5.92 Å². The zero-order chi connectivity index (χ0) is 11.3. The van der Waals surface area contributed by atoms with Crippen LogP contribution >= 0.6 is 0 Å². The van der Waals surface area contributed by atoms with Gasteiger partial charge >= 0.3 is 0 Å². The SMILES string of the molecule is FC[C@]1(c2cccc(F)c2F)NO[C@@H]2C[C@@H]21. The Morgan fingerprint density at radius 1 is 1.44 bits per heavy atom. The van der Waals surface area contributed by atoms with Gasteiger partial charge in [-0.25, -0.2) is 13.2 Å². The van der Waals surface area contributed by atoms with E-state index in [0.29, 0.717) is 6.42 Å². The molecule has 5 heteroatoms. The second-order valence-electron chi connectivity index (χ2n) is 4.31. The fraction of sp³-hybridized carbons (Fsp3) is 0.455. The summed E-state index contributed by atoms with van der Waals surface area (Å²) < 4.78 is 39.9. The molecule has 1 saturated carbocycles. The molecule has 0 unspecified atom stereocenters. The highest BCUT2D eigenvalue weighted by molar-refractivity contribution is 5.32. The first kappa shape index (κ1) is 10.1. The lowest BCUT2D eigenvalue weighted by Gasteiger charge is -2.27. The number of hydrogen-bond donors (Lipinski definition) is 1. The summed E-state index contributed by atoms with van der Waals surface area (Å²) in [6.07, 6.45) is 0.616. The highest BCUT2D eigenvalue weighted by Crippen LogP contribution is 2.53. The third-order valence-corrected chi connectivity index (χ3v) is 3.40. The van der Waals surface area contributed by atoms with Crippen LogP contribution < -0.4 is 5.48 Å².